The number of ether oxygens (including phenoxy) is 3. The Morgan fingerprint density at radius 2 is 1.90 bits per heavy atom. The second kappa shape index (κ2) is 9.62. The largest absolute Gasteiger partial charge is 0.497 e. The molecule has 1 heterocycles. The highest BCUT2D eigenvalue weighted by molar-refractivity contribution is 7.11. The van der Waals surface area contributed by atoms with Crippen molar-refractivity contribution in [3.63, 3.8) is 0 Å². The number of nitrogens with zero attached hydrogens (tertiary/aromatic N) is 2. The predicted octanol–water partition coefficient (Wildman–Crippen LogP) is 5.20. The molecular formula is C22H21N3O3S. The molecule has 148 valence electrons. The number of methoxy groups -OCH3 is 2. The zero-order valence-electron chi connectivity index (χ0n) is 16.4. The lowest BCUT2D eigenvalue weighted by Crippen LogP contribution is -1.96. The average Bonchev–Trinajstić information content (AvgIpc) is 3.25. The minimum Gasteiger partial charge on any atom is -0.497 e. The Morgan fingerprint density at radius 3 is 2.55 bits per heavy atom. The number of rotatable bonds is 8. The van der Waals surface area contributed by atoms with Crippen molar-refractivity contribution in [1.82, 2.24) is 4.98 Å². The van der Waals surface area contributed by atoms with Crippen molar-refractivity contribution in [1.29, 1.82) is 5.26 Å². The minimum atomic E-state index is 0.428. The number of thiazole rings is 1. The number of hydrogen-bond acceptors (Lipinski definition) is 7. The van der Waals surface area contributed by atoms with Gasteiger partial charge in [-0.3, -0.25) is 0 Å². The minimum absolute atomic E-state index is 0.428. The summed E-state index contributed by atoms with van der Waals surface area (Å²) in [5.74, 6) is 2.15. The van der Waals surface area contributed by atoms with Crippen LogP contribution in [0.1, 0.15) is 11.9 Å². The Kier molecular flexibility index (Phi) is 6.72. The fourth-order valence-corrected chi connectivity index (χ4v) is 3.43. The Bertz CT molecular complexity index is 1040. The molecule has 1 aromatic heterocycles. The Labute approximate surface area is 174 Å². The lowest BCUT2D eigenvalue weighted by Gasteiger charge is -2.10. The van der Waals surface area contributed by atoms with Gasteiger partial charge in [0.05, 0.1) is 32.2 Å². The summed E-state index contributed by atoms with van der Waals surface area (Å²) in [6.45, 7) is 2.58. The first kappa shape index (κ1) is 20.2. The van der Waals surface area contributed by atoms with Gasteiger partial charge in [0, 0.05) is 23.2 Å². The average molecular weight is 407 g/mol. The van der Waals surface area contributed by atoms with Crippen molar-refractivity contribution in [3.05, 3.63) is 59.1 Å². The van der Waals surface area contributed by atoms with Gasteiger partial charge in [-0.15, -0.1) is 11.3 Å². The van der Waals surface area contributed by atoms with Crippen molar-refractivity contribution in [2.75, 3.05) is 26.1 Å². The molecule has 29 heavy (non-hydrogen) atoms. The molecule has 3 rings (SSSR count). The number of anilines is 1. The number of nitrogens with one attached hydrogen (secondary N) is 1. The van der Waals surface area contributed by atoms with Crippen LogP contribution < -0.4 is 19.5 Å². The fourth-order valence-electron chi connectivity index (χ4n) is 2.64. The van der Waals surface area contributed by atoms with Crippen molar-refractivity contribution in [3.8, 4) is 34.6 Å². The van der Waals surface area contributed by atoms with Crippen molar-refractivity contribution in [2.45, 2.75) is 6.92 Å². The summed E-state index contributed by atoms with van der Waals surface area (Å²) in [5.41, 5.74) is 2.91. The van der Waals surface area contributed by atoms with Gasteiger partial charge in [0.2, 0.25) is 0 Å². The molecule has 0 saturated carbocycles. The first-order valence-corrected chi connectivity index (χ1v) is 9.84. The topological polar surface area (TPSA) is 76.4 Å². The number of hydrogen-bond donors (Lipinski definition) is 1. The highest BCUT2D eigenvalue weighted by atomic mass is 32.1. The van der Waals surface area contributed by atoms with Gasteiger partial charge in [-0.25, -0.2) is 4.98 Å². The molecular weight excluding hydrogens is 386 g/mol. The summed E-state index contributed by atoms with van der Waals surface area (Å²) in [5, 5.41) is 15.3. The van der Waals surface area contributed by atoms with Gasteiger partial charge in [-0.1, -0.05) is 0 Å². The van der Waals surface area contributed by atoms with Crippen molar-refractivity contribution >= 4 is 22.6 Å². The monoisotopic (exact) mass is 407 g/mol. The molecule has 0 atom stereocenters. The summed E-state index contributed by atoms with van der Waals surface area (Å²) in [6.07, 6.45) is 1.62. The van der Waals surface area contributed by atoms with E-state index >= 15 is 0 Å². The summed E-state index contributed by atoms with van der Waals surface area (Å²) < 4.78 is 16.1. The molecule has 2 aromatic carbocycles. The molecule has 6 nitrogen and oxygen atoms in total. The van der Waals surface area contributed by atoms with Crippen LogP contribution >= 0.6 is 11.3 Å². The molecule has 0 aliphatic carbocycles. The highest BCUT2D eigenvalue weighted by Crippen LogP contribution is 2.31. The van der Waals surface area contributed by atoms with E-state index in [9.17, 15) is 5.26 Å². The van der Waals surface area contributed by atoms with Crippen LogP contribution in [0.5, 0.6) is 17.2 Å². The normalized spacial score (nSPS) is 10.9. The van der Waals surface area contributed by atoms with Crippen LogP contribution in [-0.4, -0.2) is 25.8 Å². The van der Waals surface area contributed by atoms with Gasteiger partial charge in [0.1, 0.15) is 33.9 Å². The summed E-state index contributed by atoms with van der Waals surface area (Å²) in [6, 6.07) is 15.4. The van der Waals surface area contributed by atoms with Gasteiger partial charge in [0.15, 0.2) is 0 Å². The molecule has 7 heteroatoms. The first-order valence-electron chi connectivity index (χ1n) is 8.96. The third-order valence-electron chi connectivity index (χ3n) is 4.09. The van der Waals surface area contributed by atoms with Gasteiger partial charge in [-0.05, 0) is 43.3 Å². The van der Waals surface area contributed by atoms with Gasteiger partial charge in [-0.2, -0.15) is 5.26 Å². The summed E-state index contributed by atoms with van der Waals surface area (Å²) in [4.78, 5) is 4.61. The van der Waals surface area contributed by atoms with Crippen LogP contribution in [0.2, 0.25) is 0 Å². The Morgan fingerprint density at radius 1 is 1.14 bits per heavy atom. The molecule has 1 N–H and O–H groups in total. The van der Waals surface area contributed by atoms with Crippen molar-refractivity contribution in [2.24, 2.45) is 0 Å². The lowest BCUT2D eigenvalue weighted by atomic mass is 10.2. The van der Waals surface area contributed by atoms with E-state index in [1.807, 2.05) is 42.6 Å². The lowest BCUT2D eigenvalue weighted by molar-refractivity contribution is 0.340. The molecule has 0 bridgehead atoms. The van der Waals surface area contributed by atoms with E-state index in [0.29, 0.717) is 34.4 Å². The summed E-state index contributed by atoms with van der Waals surface area (Å²) >= 11 is 1.42. The maximum atomic E-state index is 9.60. The van der Waals surface area contributed by atoms with E-state index in [0.717, 1.165) is 17.0 Å². The maximum absolute atomic E-state index is 9.60. The smallest absolute Gasteiger partial charge is 0.142 e. The zero-order chi connectivity index (χ0) is 20.6. The number of benzene rings is 2. The molecule has 0 unspecified atom stereocenters. The van der Waals surface area contributed by atoms with E-state index in [4.69, 9.17) is 14.2 Å². The van der Waals surface area contributed by atoms with E-state index < -0.39 is 0 Å². The molecule has 3 aromatic rings. The Hall–Kier alpha value is -3.50. The van der Waals surface area contributed by atoms with Crippen LogP contribution in [0.25, 0.3) is 16.8 Å². The second-order valence-corrected chi connectivity index (χ2v) is 6.73. The number of nitriles is 1. The SMILES string of the molecule is CCOc1ccc(-c2csc(/C(C#N)=C/Nc3cc(OC)ccc3OC)n2)cc1. The number of aromatic nitrogens is 1. The van der Waals surface area contributed by atoms with Gasteiger partial charge >= 0.3 is 0 Å². The van der Waals surface area contributed by atoms with Crippen LogP contribution in [0.4, 0.5) is 5.69 Å². The first-order chi connectivity index (χ1) is 14.2. The molecule has 0 saturated heterocycles. The molecule has 0 spiro atoms. The molecule has 0 radical (unpaired) electrons. The van der Waals surface area contributed by atoms with Gasteiger partial charge < -0.3 is 19.5 Å². The van der Waals surface area contributed by atoms with Crippen LogP contribution in [-0.2, 0) is 0 Å². The maximum Gasteiger partial charge on any atom is 0.142 e. The van der Waals surface area contributed by atoms with E-state index in [-0.39, 0.29) is 0 Å². The highest BCUT2D eigenvalue weighted by Gasteiger charge is 2.10. The molecule has 0 amide bonds. The fraction of sp³-hybridized carbons (Fsp3) is 0.182. The van der Waals surface area contributed by atoms with E-state index in [2.05, 4.69) is 16.4 Å². The van der Waals surface area contributed by atoms with Gasteiger partial charge in [0.25, 0.3) is 0 Å². The summed E-state index contributed by atoms with van der Waals surface area (Å²) in [7, 11) is 3.19. The van der Waals surface area contributed by atoms with E-state index in [1.54, 1.807) is 32.6 Å². The van der Waals surface area contributed by atoms with Crippen LogP contribution in [0.3, 0.4) is 0 Å². The van der Waals surface area contributed by atoms with E-state index in [1.165, 1.54) is 11.3 Å². The number of allylic oxidation sites excluding steroid dienone is 1. The third-order valence-corrected chi connectivity index (χ3v) is 4.97. The van der Waals surface area contributed by atoms with Crippen LogP contribution in [0.15, 0.2) is 54.0 Å². The zero-order valence-corrected chi connectivity index (χ0v) is 17.2. The van der Waals surface area contributed by atoms with Crippen molar-refractivity contribution < 1.29 is 14.2 Å². The predicted molar refractivity (Wildman–Crippen MR) is 115 cm³/mol. The third kappa shape index (κ3) is 4.86. The Balaban J connectivity index is 1.81. The molecule has 0 aliphatic rings. The molecule has 0 fully saturated rings. The molecule has 0 aliphatic heterocycles. The quantitative estimate of drug-likeness (QED) is 0.517. The standard InChI is InChI=1S/C22H21N3O3S/c1-4-28-17-7-5-15(6-8-17)20-14-29-22(25-20)16(12-23)13-24-19-11-18(26-2)9-10-21(19)27-3/h5-11,13-14,24H,4H2,1-3H3/b16-13+. The van der Waals surface area contributed by atoms with Crippen LogP contribution in [0, 0.1) is 11.3 Å². The second-order valence-electron chi connectivity index (χ2n) is 5.88.